The minimum Gasteiger partial charge on any atom is -0.478 e. The number of hydrogen-bond acceptors (Lipinski definition) is 9. The van der Waals surface area contributed by atoms with Crippen LogP contribution in [0.25, 0.3) is 11.3 Å². The van der Waals surface area contributed by atoms with Crippen molar-refractivity contribution in [2.45, 2.75) is 58.5 Å². The number of aryl methyl sites for hydroxylation is 2. The quantitative estimate of drug-likeness (QED) is 0.201. The van der Waals surface area contributed by atoms with Crippen molar-refractivity contribution in [1.82, 2.24) is 25.3 Å². The van der Waals surface area contributed by atoms with E-state index in [4.69, 9.17) is 4.74 Å². The second-order valence-electron chi connectivity index (χ2n) is 11.4. The molecule has 0 saturated carbocycles. The van der Waals surface area contributed by atoms with Crippen LogP contribution in [0.15, 0.2) is 71.9 Å². The van der Waals surface area contributed by atoms with Gasteiger partial charge < -0.3 is 15.2 Å². The van der Waals surface area contributed by atoms with E-state index in [1.165, 1.54) is 18.2 Å². The number of anilines is 1. The van der Waals surface area contributed by atoms with E-state index in [9.17, 15) is 18.3 Å². The molecule has 2 aromatic heterocycles. The lowest BCUT2D eigenvalue weighted by Gasteiger charge is -2.26. The van der Waals surface area contributed by atoms with Crippen LogP contribution in [0.1, 0.15) is 54.5 Å². The van der Waals surface area contributed by atoms with Crippen LogP contribution in [0.2, 0.25) is 0 Å². The lowest BCUT2D eigenvalue weighted by atomic mass is 9.88. The molecule has 43 heavy (non-hydrogen) atoms. The topological polar surface area (TPSA) is 156 Å². The fraction of sp³-hybridized carbons (Fsp3) is 0.323. The van der Waals surface area contributed by atoms with Crippen molar-refractivity contribution >= 4 is 21.9 Å². The number of aromatic nitrogens is 4. The molecule has 226 valence electrons. The zero-order valence-electron chi connectivity index (χ0n) is 24.8. The van der Waals surface area contributed by atoms with Crippen molar-refractivity contribution in [3.05, 3.63) is 89.5 Å². The van der Waals surface area contributed by atoms with Gasteiger partial charge in [0, 0.05) is 30.1 Å². The Morgan fingerprint density at radius 2 is 1.65 bits per heavy atom. The summed E-state index contributed by atoms with van der Waals surface area (Å²) in [5.41, 5.74) is 3.03. The number of carboxylic acids is 1. The van der Waals surface area contributed by atoms with Crippen molar-refractivity contribution in [2.24, 2.45) is 5.41 Å². The number of sulfonamides is 1. The number of aromatic carboxylic acids is 1. The molecular formula is C31H36N6O5S. The molecule has 1 atom stereocenters. The summed E-state index contributed by atoms with van der Waals surface area (Å²) in [6, 6.07) is 14.2. The zero-order valence-corrected chi connectivity index (χ0v) is 25.6. The van der Waals surface area contributed by atoms with Gasteiger partial charge in [-0.25, -0.2) is 32.9 Å². The van der Waals surface area contributed by atoms with Gasteiger partial charge in [0.05, 0.1) is 22.7 Å². The fourth-order valence-corrected chi connectivity index (χ4v) is 5.63. The Bertz CT molecular complexity index is 1670. The van der Waals surface area contributed by atoms with Gasteiger partial charge >= 0.3 is 5.97 Å². The first-order chi connectivity index (χ1) is 20.3. The van der Waals surface area contributed by atoms with Gasteiger partial charge in [0.15, 0.2) is 0 Å². The maximum absolute atomic E-state index is 13.3. The van der Waals surface area contributed by atoms with E-state index < -0.39 is 16.0 Å². The highest BCUT2D eigenvalue weighted by Gasteiger charge is 2.22. The first-order valence-electron chi connectivity index (χ1n) is 13.7. The summed E-state index contributed by atoms with van der Waals surface area (Å²) >= 11 is 0. The van der Waals surface area contributed by atoms with Crippen molar-refractivity contribution in [3.8, 4) is 17.1 Å². The maximum atomic E-state index is 13.3. The highest BCUT2D eigenvalue weighted by molar-refractivity contribution is 7.92. The van der Waals surface area contributed by atoms with Crippen LogP contribution in [0, 0.1) is 19.3 Å². The molecule has 0 radical (unpaired) electrons. The van der Waals surface area contributed by atoms with Gasteiger partial charge in [-0.2, -0.15) is 4.98 Å². The first-order valence-corrected chi connectivity index (χ1v) is 15.2. The third-order valence-corrected chi connectivity index (χ3v) is 7.84. The number of nitrogens with one attached hydrogen (secondary N) is 2. The second kappa shape index (κ2) is 13.3. The van der Waals surface area contributed by atoms with E-state index in [1.807, 2.05) is 32.0 Å². The van der Waals surface area contributed by atoms with Gasteiger partial charge in [-0.15, -0.1) is 0 Å². The van der Waals surface area contributed by atoms with E-state index in [0.29, 0.717) is 18.1 Å². The summed E-state index contributed by atoms with van der Waals surface area (Å²) < 4.78 is 35.1. The van der Waals surface area contributed by atoms with E-state index in [0.717, 1.165) is 29.2 Å². The van der Waals surface area contributed by atoms with Crippen LogP contribution in [0.3, 0.4) is 0 Å². The van der Waals surface area contributed by atoms with E-state index >= 15 is 0 Å². The van der Waals surface area contributed by atoms with Crippen LogP contribution in [-0.2, 0) is 16.6 Å². The Balaban J connectivity index is 1.66. The average Bonchev–Trinajstić information content (AvgIpc) is 2.94. The smallest absolute Gasteiger partial charge is 0.335 e. The lowest BCUT2D eigenvalue weighted by Crippen LogP contribution is -2.38. The summed E-state index contributed by atoms with van der Waals surface area (Å²) in [6.07, 6.45) is 4.15. The second-order valence-corrected chi connectivity index (χ2v) is 13.1. The highest BCUT2D eigenvalue weighted by Crippen LogP contribution is 2.30. The third-order valence-electron chi connectivity index (χ3n) is 6.52. The Morgan fingerprint density at radius 3 is 2.30 bits per heavy atom. The molecule has 4 aromatic rings. The largest absolute Gasteiger partial charge is 0.478 e. The van der Waals surface area contributed by atoms with E-state index in [1.54, 1.807) is 24.5 Å². The number of carboxylic acid groups (broad SMARTS) is 1. The van der Waals surface area contributed by atoms with Gasteiger partial charge in [0.2, 0.25) is 11.8 Å². The number of benzene rings is 2. The molecule has 11 nitrogen and oxygen atoms in total. The predicted octanol–water partition coefficient (Wildman–Crippen LogP) is 5.02. The third kappa shape index (κ3) is 8.79. The molecule has 0 amide bonds. The molecule has 4 rings (SSSR count). The molecule has 0 saturated heterocycles. The Morgan fingerprint density at radius 1 is 0.977 bits per heavy atom. The molecule has 0 spiro atoms. The van der Waals surface area contributed by atoms with Crippen molar-refractivity contribution < 1.29 is 23.1 Å². The Labute approximate surface area is 251 Å². The number of ether oxygens (including phenoxy) is 1. The number of carbonyl (C=O) groups is 1. The van der Waals surface area contributed by atoms with Crippen LogP contribution >= 0.6 is 0 Å². The highest BCUT2D eigenvalue weighted by atomic mass is 32.2. The molecule has 2 heterocycles. The van der Waals surface area contributed by atoms with Gasteiger partial charge in [-0.3, -0.25) is 0 Å². The summed E-state index contributed by atoms with van der Waals surface area (Å²) in [7, 11) is -4.22. The van der Waals surface area contributed by atoms with E-state index in [-0.39, 0.29) is 40.4 Å². The van der Waals surface area contributed by atoms with Crippen LogP contribution in [0.5, 0.6) is 5.88 Å². The van der Waals surface area contributed by atoms with Crippen molar-refractivity contribution in [2.75, 3.05) is 11.3 Å². The zero-order chi connectivity index (χ0) is 31.2. The molecule has 0 fully saturated rings. The summed E-state index contributed by atoms with van der Waals surface area (Å²) in [4.78, 5) is 28.7. The molecule has 0 aliphatic rings. The first kappa shape index (κ1) is 31.5. The normalized spacial score (nSPS) is 12.5. The van der Waals surface area contributed by atoms with Crippen LogP contribution in [-0.4, -0.2) is 52.1 Å². The van der Waals surface area contributed by atoms with Crippen molar-refractivity contribution in [3.63, 3.8) is 0 Å². The fourth-order valence-electron chi connectivity index (χ4n) is 4.64. The minimum absolute atomic E-state index is 0.0149. The minimum atomic E-state index is -4.22. The van der Waals surface area contributed by atoms with Gasteiger partial charge in [0.1, 0.15) is 12.4 Å². The standard InChI is InChI=1S/C31H36N6O5S/c1-20-9-6-10-21(2)28(20)25-16-27(42-19-23(17-31(3,4)5)34-18-26-32-13-8-14-33-26)36-30(35-25)37-43(40,41)24-12-7-11-22(15-24)29(38)39/h6-16,23,34H,17-19H2,1-5H3,(H,38,39)(H,35,36,37)/t23-/m1/s1. The Kier molecular flexibility index (Phi) is 9.72. The monoisotopic (exact) mass is 604 g/mol. The molecule has 12 heteroatoms. The maximum Gasteiger partial charge on any atom is 0.335 e. The molecule has 3 N–H and O–H groups in total. The van der Waals surface area contributed by atoms with Gasteiger partial charge in [0.25, 0.3) is 10.0 Å². The lowest BCUT2D eigenvalue weighted by molar-refractivity contribution is 0.0696. The number of rotatable bonds is 12. The molecule has 0 unspecified atom stereocenters. The summed E-state index contributed by atoms with van der Waals surface area (Å²) in [6.45, 7) is 11.0. The van der Waals surface area contributed by atoms with Crippen molar-refractivity contribution in [1.29, 1.82) is 0 Å². The average molecular weight is 605 g/mol. The molecule has 0 bridgehead atoms. The summed E-state index contributed by atoms with van der Waals surface area (Å²) in [5, 5.41) is 12.8. The van der Waals surface area contributed by atoms with Gasteiger partial charge in [-0.1, -0.05) is 45.0 Å². The summed E-state index contributed by atoms with van der Waals surface area (Å²) in [5.74, 6) is -0.599. The molecule has 0 aliphatic carbocycles. The molecule has 0 aliphatic heterocycles. The van der Waals surface area contributed by atoms with Crippen LogP contribution < -0.4 is 14.8 Å². The van der Waals surface area contributed by atoms with Crippen LogP contribution in [0.4, 0.5) is 5.95 Å². The van der Waals surface area contributed by atoms with E-state index in [2.05, 4.69) is 50.7 Å². The molecular weight excluding hydrogens is 568 g/mol. The number of hydrogen-bond donors (Lipinski definition) is 3. The predicted molar refractivity (Wildman–Crippen MR) is 163 cm³/mol. The molecule has 2 aromatic carbocycles. The number of nitrogens with zero attached hydrogens (tertiary/aromatic N) is 4. The SMILES string of the molecule is Cc1cccc(C)c1-c1cc(OC[C@@H](CC(C)(C)C)NCc2ncccn2)nc(NS(=O)(=O)c2cccc(C(=O)O)c2)n1. The Hall–Kier alpha value is -4.42. The van der Waals surface area contributed by atoms with Gasteiger partial charge in [-0.05, 0) is 61.1 Å².